The van der Waals surface area contributed by atoms with Crippen molar-refractivity contribution in [1.82, 2.24) is 5.43 Å². The molecule has 0 unspecified atom stereocenters. The summed E-state index contributed by atoms with van der Waals surface area (Å²) in [6, 6.07) is 10.8. The standard InChI is InChI=1S/C24H44N2/c1-3-5-7-9-11-13-18-22-25-26(24-20-16-15-17-21-24)23-19-14-12-10-8-6-4-2/h15-17,20-21,25H,3-14,18-19,22-23H2,1-2H3. The van der Waals surface area contributed by atoms with Gasteiger partial charge in [0.1, 0.15) is 0 Å². The van der Waals surface area contributed by atoms with E-state index in [4.69, 9.17) is 0 Å². The van der Waals surface area contributed by atoms with Gasteiger partial charge < -0.3 is 5.01 Å². The van der Waals surface area contributed by atoms with Crippen LogP contribution in [0.25, 0.3) is 0 Å². The van der Waals surface area contributed by atoms with Gasteiger partial charge in [-0.3, -0.25) is 0 Å². The summed E-state index contributed by atoms with van der Waals surface area (Å²) >= 11 is 0. The number of hydrogen-bond acceptors (Lipinski definition) is 2. The monoisotopic (exact) mass is 360 g/mol. The molecule has 0 aliphatic rings. The van der Waals surface area contributed by atoms with E-state index in [0.717, 1.165) is 13.1 Å². The molecule has 0 fully saturated rings. The summed E-state index contributed by atoms with van der Waals surface area (Å²) in [6.07, 6.45) is 19.2. The first kappa shape index (κ1) is 23.0. The van der Waals surface area contributed by atoms with E-state index >= 15 is 0 Å². The van der Waals surface area contributed by atoms with Crippen LogP contribution in [0.3, 0.4) is 0 Å². The van der Waals surface area contributed by atoms with E-state index in [1.807, 2.05) is 0 Å². The topological polar surface area (TPSA) is 15.3 Å². The number of hydrazine groups is 1. The maximum absolute atomic E-state index is 3.68. The average Bonchev–Trinajstić information content (AvgIpc) is 2.68. The molecule has 1 N–H and O–H groups in total. The number of para-hydroxylation sites is 1. The van der Waals surface area contributed by atoms with Crippen molar-refractivity contribution in [1.29, 1.82) is 0 Å². The lowest BCUT2D eigenvalue weighted by molar-refractivity contribution is 0.528. The van der Waals surface area contributed by atoms with Crippen LogP contribution in [0.5, 0.6) is 0 Å². The van der Waals surface area contributed by atoms with E-state index in [1.54, 1.807) is 0 Å². The Labute approximate surface area is 163 Å². The Morgan fingerprint density at radius 1 is 0.615 bits per heavy atom. The number of unbranched alkanes of at least 4 members (excludes halogenated alkanes) is 12. The lowest BCUT2D eigenvalue weighted by atomic mass is 10.1. The first-order valence-corrected chi connectivity index (χ1v) is 11.4. The summed E-state index contributed by atoms with van der Waals surface area (Å²) in [4.78, 5) is 0. The van der Waals surface area contributed by atoms with Crippen LogP contribution in [0, 0.1) is 0 Å². The Kier molecular flexibility index (Phi) is 15.4. The summed E-state index contributed by atoms with van der Waals surface area (Å²) in [5.74, 6) is 0. The summed E-state index contributed by atoms with van der Waals surface area (Å²) in [7, 11) is 0. The van der Waals surface area contributed by atoms with E-state index < -0.39 is 0 Å². The van der Waals surface area contributed by atoms with Crippen molar-refractivity contribution in [2.24, 2.45) is 0 Å². The number of anilines is 1. The SMILES string of the molecule is CCCCCCCCCNN(CCCCCCCCC)c1ccccc1. The molecule has 0 spiro atoms. The van der Waals surface area contributed by atoms with Crippen molar-refractivity contribution in [2.75, 3.05) is 18.1 Å². The zero-order chi connectivity index (χ0) is 18.7. The van der Waals surface area contributed by atoms with E-state index in [1.165, 1.54) is 95.6 Å². The van der Waals surface area contributed by atoms with Gasteiger partial charge in [-0.1, -0.05) is 109 Å². The van der Waals surface area contributed by atoms with Gasteiger partial charge in [0.25, 0.3) is 0 Å². The quantitative estimate of drug-likeness (QED) is 0.215. The van der Waals surface area contributed by atoms with Gasteiger partial charge in [0.05, 0.1) is 5.69 Å². The zero-order valence-electron chi connectivity index (χ0n) is 17.6. The molecule has 150 valence electrons. The fourth-order valence-corrected chi connectivity index (χ4v) is 3.43. The van der Waals surface area contributed by atoms with Crippen molar-refractivity contribution in [3.8, 4) is 0 Å². The first-order chi connectivity index (χ1) is 12.9. The Balaban J connectivity index is 2.19. The maximum Gasteiger partial charge on any atom is 0.0519 e. The number of nitrogens with one attached hydrogen (secondary N) is 1. The van der Waals surface area contributed by atoms with Crippen LogP contribution in [0.1, 0.15) is 104 Å². The molecular formula is C24H44N2. The number of benzene rings is 1. The van der Waals surface area contributed by atoms with Crippen molar-refractivity contribution in [2.45, 2.75) is 104 Å². The molecule has 1 rings (SSSR count). The average molecular weight is 361 g/mol. The molecule has 0 saturated carbocycles. The molecule has 2 heteroatoms. The van der Waals surface area contributed by atoms with E-state index in [2.05, 4.69) is 54.6 Å². The number of rotatable bonds is 18. The van der Waals surface area contributed by atoms with Crippen molar-refractivity contribution < 1.29 is 0 Å². The maximum atomic E-state index is 3.68. The summed E-state index contributed by atoms with van der Waals surface area (Å²) in [5.41, 5.74) is 4.99. The van der Waals surface area contributed by atoms with Gasteiger partial charge in [-0.15, -0.1) is 0 Å². The Hall–Kier alpha value is -1.02. The highest BCUT2D eigenvalue weighted by Gasteiger charge is 2.05. The second-order valence-corrected chi connectivity index (χ2v) is 7.64. The predicted molar refractivity (Wildman–Crippen MR) is 118 cm³/mol. The molecule has 1 aromatic carbocycles. The molecule has 0 aliphatic heterocycles. The molecular weight excluding hydrogens is 316 g/mol. The molecule has 0 bridgehead atoms. The van der Waals surface area contributed by atoms with Crippen LogP contribution in [-0.2, 0) is 0 Å². The highest BCUT2D eigenvalue weighted by molar-refractivity contribution is 5.44. The molecule has 0 amide bonds. The van der Waals surface area contributed by atoms with E-state index in [0.29, 0.717) is 0 Å². The van der Waals surface area contributed by atoms with Gasteiger partial charge in [-0.05, 0) is 25.0 Å². The second-order valence-electron chi connectivity index (χ2n) is 7.64. The molecule has 0 aliphatic carbocycles. The summed E-state index contributed by atoms with van der Waals surface area (Å²) in [5, 5.41) is 2.38. The smallest absolute Gasteiger partial charge is 0.0519 e. The minimum absolute atomic E-state index is 1.10. The first-order valence-electron chi connectivity index (χ1n) is 11.4. The number of hydrogen-bond donors (Lipinski definition) is 1. The number of nitrogens with zero attached hydrogens (tertiary/aromatic N) is 1. The van der Waals surface area contributed by atoms with Crippen LogP contribution in [0.15, 0.2) is 30.3 Å². The largest absolute Gasteiger partial charge is 0.308 e. The normalized spacial score (nSPS) is 11.0. The third-order valence-corrected chi connectivity index (χ3v) is 5.14. The van der Waals surface area contributed by atoms with Gasteiger partial charge >= 0.3 is 0 Å². The molecule has 0 atom stereocenters. The van der Waals surface area contributed by atoms with Crippen molar-refractivity contribution >= 4 is 5.69 Å². The minimum atomic E-state index is 1.10. The fourth-order valence-electron chi connectivity index (χ4n) is 3.43. The van der Waals surface area contributed by atoms with Gasteiger partial charge in [-0.25, -0.2) is 5.43 Å². The Bertz CT molecular complexity index is 390. The summed E-state index contributed by atoms with van der Waals surface area (Å²) in [6.45, 7) is 6.79. The predicted octanol–water partition coefficient (Wildman–Crippen LogP) is 7.50. The van der Waals surface area contributed by atoms with Gasteiger partial charge in [0.15, 0.2) is 0 Å². The lowest BCUT2D eigenvalue weighted by Gasteiger charge is -2.26. The van der Waals surface area contributed by atoms with Crippen molar-refractivity contribution in [3.63, 3.8) is 0 Å². The minimum Gasteiger partial charge on any atom is -0.308 e. The molecule has 2 nitrogen and oxygen atoms in total. The van der Waals surface area contributed by atoms with Crippen LogP contribution in [0.2, 0.25) is 0 Å². The molecule has 26 heavy (non-hydrogen) atoms. The molecule has 0 saturated heterocycles. The fraction of sp³-hybridized carbons (Fsp3) is 0.750. The highest BCUT2D eigenvalue weighted by atomic mass is 15.5. The third kappa shape index (κ3) is 12.4. The highest BCUT2D eigenvalue weighted by Crippen LogP contribution is 2.14. The molecule has 0 aromatic heterocycles. The lowest BCUT2D eigenvalue weighted by Crippen LogP contribution is -2.39. The van der Waals surface area contributed by atoms with E-state index in [-0.39, 0.29) is 0 Å². The van der Waals surface area contributed by atoms with Crippen LogP contribution < -0.4 is 10.4 Å². The van der Waals surface area contributed by atoms with Crippen molar-refractivity contribution in [3.05, 3.63) is 30.3 Å². The summed E-state index contributed by atoms with van der Waals surface area (Å²) < 4.78 is 0. The van der Waals surface area contributed by atoms with Gasteiger partial charge in [0.2, 0.25) is 0 Å². The second kappa shape index (κ2) is 17.4. The molecule has 0 heterocycles. The van der Waals surface area contributed by atoms with Gasteiger partial charge in [-0.2, -0.15) is 0 Å². The molecule has 0 radical (unpaired) electrons. The Morgan fingerprint density at radius 3 is 1.69 bits per heavy atom. The molecule has 1 aromatic rings. The zero-order valence-corrected chi connectivity index (χ0v) is 17.6. The van der Waals surface area contributed by atoms with Gasteiger partial charge in [0, 0.05) is 13.1 Å². The Morgan fingerprint density at radius 2 is 1.12 bits per heavy atom. The third-order valence-electron chi connectivity index (χ3n) is 5.14. The van der Waals surface area contributed by atoms with Crippen LogP contribution in [-0.4, -0.2) is 13.1 Å². The van der Waals surface area contributed by atoms with E-state index in [9.17, 15) is 0 Å². The van der Waals surface area contributed by atoms with Crippen LogP contribution in [0.4, 0.5) is 5.69 Å². The van der Waals surface area contributed by atoms with Crippen LogP contribution >= 0.6 is 0 Å².